The van der Waals surface area contributed by atoms with E-state index in [-0.39, 0.29) is 0 Å². The Morgan fingerprint density at radius 3 is 2.95 bits per heavy atom. The van der Waals surface area contributed by atoms with E-state index in [0.29, 0.717) is 0 Å². The zero-order valence-electron chi connectivity index (χ0n) is 11.6. The van der Waals surface area contributed by atoms with Crippen molar-refractivity contribution in [1.29, 1.82) is 0 Å². The highest BCUT2D eigenvalue weighted by molar-refractivity contribution is 7.14. The van der Waals surface area contributed by atoms with Crippen molar-refractivity contribution in [1.82, 2.24) is 20.5 Å². The number of aromatic nitrogens is 3. The molecule has 1 fully saturated rings. The maximum Gasteiger partial charge on any atom is 0.148 e. The monoisotopic (exact) mass is 296 g/mol. The number of nitrogens with zero attached hydrogens (tertiary/aromatic N) is 3. The second-order valence-corrected chi connectivity index (χ2v) is 6.42. The molecule has 0 atom stereocenters. The van der Waals surface area contributed by atoms with Crippen LogP contribution in [0.25, 0.3) is 21.5 Å². The molecule has 4 nitrogen and oxygen atoms in total. The van der Waals surface area contributed by atoms with Crippen molar-refractivity contribution < 1.29 is 0 Å². The van der Waals surface area contributed by atoms with Crippen molar-refractivity contribution in [3.63, 3.8) is 0 Å². The van der Waals surface area contributed by atoms with Crippen LogP contribution < -0.4 is 5.32 Å². The van der Waals surface area contributed by atoms with Gasteiger partial charge in [-0.1, -0.05) is 29.5 Å². The summed E-state index contributed by atoms with van der Waals surface area (Å²) in [6, 6.07) is 10.9. The summed E-state index contributed by atoms with van der Waals surface area (Å²) < 4.78 is 0. The number of nitrogens with one attached hydrogen (secondary N) is 1. The Kier molecular flexibility index (Phi) is 3.37. The molecular weight excluding hydrogens is 280 g/mol. The van der Waals surface area contributed by atoms with E-state index in [0.717, 1.165) is 45.5 Å². The van der Waals surface area contributed by atoms with Gasteiger partial charge in [0.05, 0.1) is 5.52 Å². The smallest absolute Gasteiger partial charge is 0.148 e. The molecule has 0 radical (unpaired) electrons. The minimum atomic E-state index is 0.751. The third kappa shape index (κ3) is 2.80. The summed E-state index contributed by atoms with van der Waals surface area (Å²) in [5, 5.41) is 15.4. The summed E-state index contributed by atoms with van der Waals surface area (Å²) in [6.45, 7) is 0.996. The predicted octanol–water partition coefficient (Wildman–Crippen LogP) is 3.05. The Morgan fingerprint density at radius 1 is 1.14 bits per heavy atom. The highest BCUT2D eigenvalue weighted by atomic mass is 32.1. The molecule has 21 heavy (non-hydrogen) atoms. The summed E-state index contributed by atoms with van der Waals surface area (Å²) in [5.41, 5.74) is 2.13. The van der Waals surface area contributed by atoms with E-state index in [4.69, 9.17) is 0 Å². The second-order valence-electron chi connectivity index (χ2n) is 5.36. The lowest BCUT2D eigenvalue weighted by molar-refractivity contribution is 0.677. The highest BCUT2D eigenvalue weighted by Crippen LogP contribution is 2.29. The molecule has 3 aromatic rings. The van der Waals surface area contributed by atoms with Gasteiger partial charge in [0, 0.05) is 36.2 Å². The van der Waals surface area contributed by atoms with Gasteiger partial charge in [0.15, 0.2) is 0 Å². The molecule has 0 unspecified atom stereocenters. The van der Waals surface area contributed by atoms with Crippen LogP contribution >= 0.6 is 11.3 Å². The zero-order valence-corrected chi connectivity index (χ0v) is 12.4. The first kappa shape index (κ1) is 12.9. The topological polar surface area (TPSA) is 50.7 Å². The number of benzene rings is 1. The lowest BCUT2D eigenvalue weighted by Gasteiger charge is -2.01. The van der Waals surface area contributed by atoms with Crippen LogP contribution in [0.15, 0.2) is 36.5 Å². The molecule has 1 aliphatic rings. The summed E-state index contributed by atoms with van der Waals surface area (Å²) >= 11 is 1.68. The van der Waals surface area contributed by atoms with E-state index >= 15 is 0 Å². The average Bonchev–Trinajstić information content (AvgIpc) is 3.23. The van der Waals surface area contributed by atoms with Crippen molar-refractivity contribution >= 4 is 22.2 Å². The lowest BCUT2D eigenvalue weighted by Crippen LogP contribution is -2.19. The van der Waals surface area contributed by atoms with E-state index in [2.05, 4.69) is 26.6 Å². The van der Waals surface area contributed by atoms with Gasteiger partial charge in [-0.25, -0.2) is 0 Å². The van der Waals surface area contributed by atoms with Gasteiger partial charge in [-0.05, 0) is 25.0 Å². The van der Waals surface area contributed by atoms with E-state index in [1.54, 1.807) is 11.3 Å². The molecule has 0 spiro atoms. The molecule has 2 heterocycles. The zero-order chi connectivity index (χ0) is 14.1. The van der Waals surface area contributed by atoms with Crippen LogP contribution in [0.2, 0.25) is 0 Å². The number of para-hydroxylation sites is 1. The van der Waals surface area contributed by atoms with Crippen molar-refractivity contribution in [2.45, 2.75) is 25.3 Å². The van der Waals surface area contributed by atoms with Gasteiger partial charge in [-0.2, -0.15) is 0 Å². The molecule has 0 aliphatic heterocycles. The first-order valence-corrected chi connectivity index (χ1v) is 8.12. The van der Waals surface area contributed by atoms with E-state index < -0.39 is 0 Å². The van der Waals surface area contributed by atoms with E-state index in [9.17, 15) is 0 Å². The van der Waals surface area contributed by atoms with Crippen LogP contribution in [0.3, 0.4) is 0 Å². The maximum atomic E-state index is 4.40. The molecule has 106 valence electrons. The standard InChI is InChI=1S/C16H16N4S/c1-2-4-14-12(3-1)13(7-9-18-14)16-20-19-15(21-16)8-10-17-11-5-6-11/h1-4,7,9,11,17H,5-6,8,10H2. The summed E-state index contributed by atoms with van der Waals surface area (Å²) in [6.07, 6.45) is 5.44. The Morgan fingerprint density at radius 2 is 2.05 bits per heavy atom. The molecule has 4 rings (SSSR count). The van der Waals surface area contributed by atoms with Gasteiger partial charge in [0.25, 0.3) is 0 Å². The van der Waals surface area contributed by atoms with Crippen molar-refractivity contribution in [2.24, 2.45) is 0 Å². The number of pyridine rings is 1. The normalized spacial score (nSPS) is 14.7. The van der Waals surface area contributed by atoms with Crippen molar-refractivity contribution in [3.8, 4) is 10.6 Å². The SMILES string of the molecule is c1ccc2c(-c3nnc(CCNC4CC4)s3)ccnc2c1. The average molecular weight is 296 g/mol. The Hall–Kier alpha value is -1.85. The van der Waals surface area contributed by atoms with Gasteiger partial charge in [0.2, 0.25) is 0 Å². The van der Waals surface area contributed by atoms with E-state index in [1.807, 2.05) is 30.5 Å². The summed E-state index contributed by atoms with van der Waals surface area (Å²) in [4.78, 5) is 4.40. The van der Waals surface area contributed by atoms with Crippen LogP contribution in [-0.2, 0) is 6.42 Å². The van der Waals surface area contributed by atoms with Crippen LogP contribution in [0.4, 0.5) is 0 Å². The van der Waals surface area contributed by atoms with Crippen molar-refractivity contribution in [3.05, 3.63) is 41.5 Å². The lowest BCUT2D eigenvalue weighted by atomic mass is 10.1. The van der Waals surface area contributed by atoms with Crippen LogP contribution in [0.5, 0.6) is 0 Å². The summed E-state index contributed by atoms with van der Waals surface area (Å²) in [7, 11) is 0. The fourth-order valence-electron chi connectivity index (χ4n) is 2.42. The Balaban J connectivity index is 1.58. The van der Waals surface area contributed by atoms with Crippen LogP contribution in [0.1, 0.15) is 17.8 Å². The fraction of sp³-hybridized carbons (Fsp3) is 0.312. The predicted molar refractivity (Wildman–Crippen MR) is 85.4 cm³/mol. The largest absolute Gasteiger partial charge is 0.314 e. The maximum absolute atomic E-state index is 4.40. The summed E-state index contributed by atoms with van der Waals surface area (Å²) in [5.74, 6) is 0. The minimum Gasteiger partial charge on any atom is -0.314 e. The Bertz CT molecular complexity index is 758. The van der Waals surface area contributed by atoms with Gasteiger partial charge >= 0.3 is 0 Å². The first-order valence-electron chi connectivity index (χ1n) is 7.30. The van der Waals surface area contributed by atoms with Crippen LogP contribution in [0, 0.1) is 0 Å². The molecule has 1 N–H and O–H groups in total. The van der Waals surface area contributed by atoms with E-state index in [1.165, 1.54) is 12.8 Å². The minimum absolute atomic E-state index is 0.751. The third-order valence-electron chi connectivity index (χ3n) is 3.70. The highest BCUT2D eigenvalue weighted by Gasteiger charge is 2.20. The molecule has 5 heteroatoms. The molecule has 0 bridgehead atoms. The molecule has 1 saturated carbocycles. The van der Waals surface area contributed by atoms with Gasteiger partial charge in [-0.15, -0.1) is 10.2 Å². The molecule has 0 amide bonds. The quantitative estimate of drug-likeness (QED) is 0.786. The van der Waals surface area contributed by atoms with Crippen molar-refractivity contribution in [2.75, 3.05) is 6.54 Å². The number of hydrogen-bond donors (Lipinski definition) is 1. The van der Waals surface area contributed by atoms with Gasteiger partial charge in [-0.3, -0.25) is 4.98 Å². The van der Waals surface area contributed by atoms with Gasteiger partial charge in [0.1, 0.15) is 10.0 Å². The molecule has 1 aliphatic carbocycles. The number of hydrogen-bond acceptors (Lipinski definition) is 5. The molecular formula is C16H16N4S. The fourth-order valence-corrected chi connectivity index (χ4v) is 3.30. The molecule has 0 saturated heterocycles. The molecule has 1 aromatic carbocycles. The first-order chi connectivity index (χ1) is 10.4. The number of rotatable bonds is 5. The van der Waals surface area contributed by atoms with Crippen LogP contribution in [-0.4, -0.2) is 27.8 Å². The Labute approximate surface area is 127 Å². The second kappa shape index (κ2) is 5.50. The van der Waals surface area contributed by atoms with Gasteiger partial charge < -0.3 is 5.32 Å². The third-order valence-corrected chi connectivity index (χ3v) is 4.71. The molecule has 2 aromatic heterocycles. The number of fused-ring (bicyclic) bond motifs is 1.